The minimum atomic E-state index is -0.569. The summed E-state index contributed by atoms with van der Waals surface area (Å²) >= 11 is 0. The predicted octanol–water partition coefficient (Wildman–Crippen LogP) is 5.65. The van der Waals surface area contributed by atoms with E-state index in [0.717, 1.165) is 39.3 Å². The van der Waals surface area contributed by atoms with E-state index in [0.29, 0.717) is 11.4 Å². The van der Waals surface area contributed by atoms with Gasteiger partial charge in [0.15, 0.2) is 0 Å². The van der Waals surface area contributed by atoms with Crippen LogP contribution in [0.25, 0.3) is 5.57 Å². The van der Waals surface area contributed by atoms with Crippen LogP contribution in [0.5, 0.6) is 0 Å². The topological polar surface area (TPSA) is 86.9 Å². The summed E-state index contributed by atoms with van der Waals surface area (Å²) < 4.78 is 0. The number of hydrogen-bond acceptors (Lipinski definition) is 5. The summed E-state index contributed by atoms with van der Waals surface area (Å²) in [6, 6.07) is 12.0. The van der Waals surface area contributed by atoms with Crippen molar-refractivity contribution in [2.24, 2.45) is 4.99 Å². The lowest BCUT2D eigenvalue weighted by Gasteiger charge is -2.15. The van der Waals surface area contributed by atoms with E-state index in [9.17, 15) is 5.26 Å². The Morgan fingerprint density at radius 3 is 2.43 bits per heavy atom. The van der Waals surface area contributed by atoms with Crippen molar-refractivity contribution in [2.45, 2.75) is 33.1 Å². The van der Waals surface area contributed by atoms with Gasteiger partial charge in [-0.1, -0.05) is 30.6 Å². The number of nitrogens with zero attached hydrogens (tertiary/aromatic N) is 5. The van der Waals surface area contributed by atoms with Crippen LogP contribution in [-0.4, -0.2) is 27.8 Å². The van der Waals surface area contributed by atoms with Crippen LogP contribution in [0.15, 0.2) is 73.8 Å². The van der Waals surface area contributed by atoms with Gasteiger partial charge in [0.05, 0.1) is 28.6 Å². The molecule has 1 N–H and O–H groups in total. The molecule has 0 bridgehead atoms. The molecular formula is C29H30N6. The van der Waals surface area contributed by atoms with E-state index in [2.05, 4.69) is 62.9 Å². The molecular weight excluding hydrogens is 432 g/mol. The van der Waals surface area contributed by atoms with Crippen molar-refractivity contribution in [1.29, 1.82) is 5.26 Å². The average Bonchev–Trinajstić information content (AvgIpc) is 2.88. The Balaban J connectivity index is 0.00000210. The standard InChI is InChI=1S/C27H26N6.C2H4/c1-18-14-30-17-32-25(18)19(2)26(29-6)33-24-13-22(15-31-20(24)3)11-10-21-8-7-9-23(12-21)27(4,5)16-28;1-2/h7-9,12-15,17H,2H2,1,3-6H3,(H,29,33);1-2H2. The van der Waals surface area contributed by atoms with Gasteiger partial charge < -0.3 is 5.32 Å². The van der Waals surface area contributed by atoms with Gasteiger partial charge in [0, 0.05) is 36.1 Å². The number of nitrogens with one attached hydrogen (secondary N) is 1. The molecule has 0 fully saturated rings. The number of aliphatic imine (C=N–C) groups is 1. The predicted molar refractivity (Wildman–Crippen MR) is 144 cm³/mol. The third-order valence-corrected chi connectivity index (χ3v) is 5.25. The minimum absolute atomic E-state index is 0.569. The van der Waals surface area contributed by atoms with Crippen molar-refractivity contribution in [1.82, 2.24) is 15.0 Å². The first-order valence-corrected chi connectivity index (χ1v) is 11.0. The lowest BCUT2D eigenvalue weighted by atomic mass is 9.85. The Morgan fingerprint density at radius 2 is 1.77 bits per heavy atom. The van der Waals surface area contributed by atoms with Gasteiger partial charge in [-0.05, 0) is 57.0 Å². The van der Waals surface area contributed by atoms with Gasteiger partial charge in [-0.15, -0.1) is 13.2 Å². The summed E-state index contributed by atoms with van der Waals surface area (Å²) in [5, 5.41) is 12.7. The third-order valence-electron chi connectivity index (χ3n) is 5.25. The molecule has 3 aromatic rings. The number of aromatic nitrogens is 3. The van der Waals surface area contributed by atoms with E-state index in [1.807, 2.05) is 58.0 Å². The number of aryl methyl sites for hydroxylation is 2. The van der Waals surface area contributed by atoms with E-state index in [4.69, 9.17) is 0 Å². The van der Waals surface area contributed by atoms with Gasteiger partial charge in [-0.2, -0.15) is 5.26 Å². The molecule has 3 rings (SSSR count). The first kappa shape index (κ1) is 26.7. The van der Waals surface area contributed by atoms with Crippen molar-refractivity contribution in [3.8, 4) is 17.9 Å². The Morgan fingerprint density at radius 1 is 1.06 bits per heavy atom. The number of rotatable bonds is 4. The molecule has 6 nitrogen and oxygen atoms in total. The van der Waals surface area contributed by atoms with E-state index in [-0.39, 0.29) is 0 Å². The SMILES string of the molecule is C=C.C=C(C(=NC)Nc1cc(C#Cc2cccc(C(C)(C)C#N)c2)cnc1C)c1ncncc1C. The first-order valence-electron chi connectivity index (χ1n) is 11.0. The molecule has 0 amide bonds. The van der Waals surface area contributed by atoms with Crippen LogP contribution >= 0.6 is 0 Å². The van der Waals surface area contributed by atoms with Gasteiger partial charge in [0.25, 0.3) is 0 Å². The van der Waals surface area contributed by atoms with Gasteiger partial charge in [-0.3, -0.25) is 9.98 Å². The molecule has 6 heteroatoms. The largest absolute Gasteiger partial charge is 0.338 e. The lowest BCUT2D eigenvalue weighted by molar-refractivity contribution is 0.686. The molecule has 2 heterocycles. The summed E-state index contributed by atoms with van der Waals surface area (Å²) in [4.78, 5) is 17.2. The first-order chi connectivity index (χ1) is 16.7. The van der Waals surface area contributed by atoms with Crippen LogP contribution in [-0.2, 0) is 5.41 Å². The monoisotopic (exact) mass is 462 g/mol. The summed E-state index contributed by atoms with van der Waals surface area (Å²) in [5.41, 5.74) is 5.89. The van der Waals surface area contributed by atoms with Crippen molar-refractivity contribution in [3.05, 3.63) is 102 Å². The highest BCUT2D eigenvalue weighted by molar-refractivity contribution is 6.27. The molecule has 0 aliphatic heterocycles. The molecule has 35 heavy (non-hydrogen) atoms. The molecule has 0 spiro atoms. The highest BCUT2D eigenvalue weighted by Crippen LogP contribution is 2.23. The molecule has 2 aromatic heterocycles. The second kappa shape index (κ2) is 12.1. The number of pyridine rings is 1. The fraction of sp³-hybridized carbons (Fsp3) is 0.207. The van der Waals surface area contributed by atoms with Crippen LogP contribution < -0.4 is 5.32 Å². The molecule has 0 aliphatic carbocycles. The van der Waals surface area contributed by atoms with Crippen molar-refractivity contribution < 1.29 is 0 Å². The van der Waals surface area contributed by atoms with Crippen molar-refractivity contribution in [3.63, 3.8) is 0 Å². The third kappa shape index (κ3) is 6.72. The maximum atomic E-state index is 9.40. The second-order valence-electron chi connectivity index (χ2n) is 8.15. The van der Waals surface area contributed by atoms with Crippen LogP contribution in [0.2, 0.25) is 0 Å². The van der Waals surface area contributed by atoms with Gasteiger partial charge >= 0.3 is 0 Å². The molecule has 176 valence electrons. The van der Waals surface area contributed by atoms with E-state index in [1.165, 1.54) is 6.33 Å². The number of hydrogen-bond donors (Lipinski definition) is 1. The van der Waals surface area contributed by atoms with Gasteiger partial charge in [0.2, 0.25) is 0 Å². The zero-order chi connectivity index (χ0) is 26.0. The summed E-state index contributed by atoms with van der Waals surface area (Å²) in [6.45, 7) is 17.8. The zero-order valence-electron chi connectivity index (χ0n) is 21.0. The minimum Gasteiger partial charge on any atom is -0.338 e. The number of nitriles is 1. The smallest absolute Gasteiger partial charge is 0.134 e. The molecule has 0 aliphatic rings. The van der Waals surface area contributed by atoms with Crippen molar-refractivity contribution >= 4 is 17.1 Å². The Hall–Kier alpha value is -4.55. The van der Waals surface area contributed by atoms with E-state index in [1.54, 1.807) is 19.4 Å². The molecule has 1 aromatic carbocycles. The quantitative estimate of drug-likeness (QED) is 0.234. The molecule has 0 saturated heterocycles. The van der Waals surface area contributed by atoms with Crippen LogP contribution in [0, 0.1) is 37.0 Å². The number of benzene rings is 1. The molecule has 0 atom stereocenters. The van der Waals surface area contributed by atoms with Crippen LogP contribution in [0.1, 0.15) is 47.5 Å². The van der Waals surface area contributed by atoms with Gasteiger partial charge in [0.1, 0.15) is 12.2 Å². The van der Waals surface area contributed by atoms with E-state index < -0.39 is 5.41 Å². The normalized spacial score (nSPS) is 10.7. The summed E-state index contributed by atoms with van der Waals surface area (Å²) in [5.74, 6) is 6.94. The lowest BCUT2D eigenvalue weighted by Crippen LogP contribution is -2.16. The molecule has 0 unspecified atom stereocenters. The Labute approximate surface area is 208 Å². The maximum Gasteiger partial charge on any atom is 0.134 e. The molecule has 0 saturated carbocycles. The second-order valence-corrected chi connectivity index (χ2v) is 8.15. The van der Waals surface area contributed by atoms with Crippen LogP contribution in [0.4, 0.5) is 5.69 Å². The number of anilines is 1. The fourth-order valence-electron chi connectivity index (χ4n) is 3.14. The summed E-state index contributed by atoms with van der Waals surface area (Å²) in [7, 11) is 1.70. The highest BCUT2D eigenvalue weighted by atomic mass is 15.0. The molecule has 0 radical (unpaired) electrons. The average molecular weight is 463 g/mol. The Bertz CT molecular complexity index is 1350. The number of amidine groups is 1. The van der Waals surface area contributed by atoms with Gasteiger partial charge in [-0.25, -0.2) is 9.97 Å². The zero-order valence-corrected chi connectivity index (χ0v) is 21.0. The Kier molecular flexibility index (Phi) is 9.20. The van der Waals surface area contributed by atoms with E-state index >= 15 is 0 Å². The highest BCUT2D eigenvalue weighted by Gasteiger charge is 2.19. The fourth-order valence-corrected chi connectivity index (χ4v) is 3.14. The summed E-state index contributed by atoms with van der Waals surface area (Å²) in [6.07, 6.45) is 4.98. The maximum absolute atomic E-state index is 9.40. The van der Waals surface area contributed by atoms with Crippen LogP contribution in [0.3, 0.4) is 0 Å². The van der Waals surface area contributed by atoms with Crippen molar-refractivity contribution in [2.75, 3.05) is 12.4 Å².